The number of halogens is 1. The van der Waals surface area contributed by atoms with Crippen LogP contribution in [0.3, 0.4) is 0 Å². The first-order valence-electron chi connectivity index (χ1n) is 9.72. The first-order valence-corrected chi connectivity index (χ1v) is 10.6. The van der Waals surface area contributed by atoms with Gasteiger partial charge >= 0.3 is 5.97 Å². The van der Waals surface area contributed by atoms with Crippen molar-refractivity contribution >= 4 is 33.7 Å². The zero-order valence-corrected chi connectivity index (χ0v) is 18.5. The number of alkyl halides is 1. The minimum absolute atomic E-state index is 0.166. The number of hydrogen-bond donors (Lipinski definition) is 2. The van der Waals surface area contributed by atoms with Gasteiger partial charge in [0.1, 0.15) is 11.6 Å². The van der Waals surface area contributed by atoms with E-state index in [4.69, 9.17) is 9.47 Å². The van der Waals surface area contributed by atoms with Gasteiger partial charge in [-0.1, -0.05) is 15.9 Å². The van der Waals surface area contributed by atoms with Crippen LogP contribution in [-0.4, -0.2) is 75.2 Å². The molecule has 7 atom stereocenters. The van der Waals surface area contributed by atoms with Crippen molar-refractivity contribution in [3.8, 4) is 0 Å². The van der Waals surface area contributed by atoms with Gasteiger partial charge in [0.05, 0.1) is 37.2 Å². The maximum atomic E-state index is 13.4. The average Bonchev–Trinajstić information content (AvgIpc) is 3.16. The summed E-state index contributed by atoms with van der Waals surface area (Å²) >= 11 is 3.57. The first-order chi connectivity index (χ1) is 13.0. The van der Waals surface area contributed by atoms with Gasteiger partial charge in [-0.25, -0.2) is 0 Å². The molecule has 9 heteroatoms. The minimum atomic E-state index is -1.12. The summed E-state index contributed by atoms with van der Waals surface area (Å²) in [6, 6.07) is -1.50. The van der Waals surface area contributed by atoms with Crippen LogP contribution < -0.4 is 5.32 Å². The zero-order chi connectivity index (χ0) is 21.0. The molecule has 3 saturated heterocycles. The first kappa shape index (κ1) is 21.5. The molecule has 0 radical (unpaired) electrons. The van der Waals surface area contributed by atoms with Gasteiger partial charge in [0.2, 0.25) is 11.8 Å². The van der Waals surface area contributed by atoms with Crippen LogP contribution in [-0.2, 0) is 23.9 Å². The number of fused-ring (bicyclic) bond motifs is 1. The number of aliphatic hydroxyl groups excluding tert-OH is 1. The second-order valence-corrected chi connectivity index (χ2v) is 10.1. The number of rotatable bonds is 5. The molecule has 1 spiro atoms. The molecule has 0 aliphatic carbocycles. The molecule has 3 aliphatic heterocycles. The fourth-order valence-corrected chi connectivity index (χ4v) is 5.82. The number of nitrogens with one attached hydrogen (secondary N) is 1. The van der Waals surface area contributed by atoms with E-state index in [1.165, 1.54) is 4.90 Å². The number of ether oxygens (including phenoxy) is 2. The number of carbonyl (C=O) groups is 3. The third-order valence-corrected chi connectivity index (χ3v) is 6.62. The van der Waals surface area contributed by atoms with Gasteiger partial charge in [0, 0.05) is 10.4 Å². The van der Waals surface area contributed by atoms with E-state index in [9.17, 15) is 19.5 Å². The molecule has 0 saturated carbocycles. The highest BCUT2D eigenvalue weighted by atomic mass is 79.9. The van der Waals surface area contributed by atoms with Gasteiger partial charge < -0.3 is 24.8 Å². The summed E-state index contributed by atoms with van der Waals surface area (Å²) in [5, 5.41) is 12.7. The summed E-state index contributed by atoms with van der Waals surface area (Å²) in [7, 11) is 0. The van der Waals surface area contributed by atoms with Crippen LogP contribution in [0.25, 0.3) is 0 Å². The third-order valence-electron chi connectivity index (χ3n) is 5.77. The van der Waals surface area contributed by atoms with Crippen molar-refractivity contribution in [2.24, 2.45) is 11.8 Å². The van der Waals surface area contributed by atoms with Crippen molar-refractivity contribution < 1.29 is 29.0 Å². The van der Waals surface area contributed by atoms with Crippen molar-refractivity contribution in [2.75, 3.05) is 13.2 Å². The third kappa shape index (κ3) is 3.15. The van der Waals surface area contributed by atoms with Crippen LogP contribution in [0.15, 0.2) is 0 Å². The summed E-state index contributed by atoms with van der Waals surface area (Å²) in [4.78, 5) is 40.6. The van der Waals surface area contributed by atoms with E-state index in [0.29, 0.717) is 6.42 Å². The van der Waals surface area contributed by atoms with E-state index in [1.54, 1.807) is 13.8 Å². The van der Waals surface area contributed by atoms with Crippen molar-refractivity contribution in [2.45, 2.75) is 75.2 Å². The van der Waals surface area contributed by atoms with Crippen LogP contribution in [0.4, 0.5) is 0 Å². The lowest BCUT2D eigenvalue weighted by Gasteiger charge is -2.37. The smallest absolute Gasteiger partial charge is 0.312 e. The largest absolute Gasteiger partial charge is 0.466 e. The van der Waals surface area contributed by atoms with Crippen molar-refractivity contribution in [1.82, 2.24) is 10.2 Å². The van der Waals surface area contributed by atoms with Crippen LogP contribution >= 0.6 is 15.9 Å². The van der Waals surface area contributed by atoms with Crippen molar-refractivity contribution in [3.63, 3.8) is 0 Å². The molecule has 3 heterocycles. The van der Waals surface area contributed by atoms with Crippen LogP contribution in [0.2, 0.25) is 0 Å². The zero-order valence-electron chi connectivity index (χ0n) is 16.9. The predicted octanol–water partition coefficient (Wildman–Crippen LogP) is 0.593. The number of nitrogens with zero attached hydrogens (tertiary/aromatic N) is 1. The average molecular weight is 461 g/mol. The fraction of sp³-hybridized carbons (Fsp3) is 0.842. The van der Waals surface area contributed by atoms with Gasteiger partial charge in [0.25, 0.3) is 0 Å². The van der Waals surface area contributed by atoms with E-state index < -0.39 is 47.1 Å². The molecular weight excluding hydrogens is 432 g/mol. The second kappa shape index (κ2) is 7.25. The highest BCUT2D eigenvalue weighted by Gasteiger charge is 2.77. The van der Waals surface area contributed by atoms with Crippen LogP contribution in [0.5, 0.6) is 0 Å². The number of amides is 2. The minimum Gasteiger partial charge on any atom is -0.466 e. The maximum Gasteiger partial charge on any atom is 0.312 e. The number of carbonyl (C=O) groups excluding carboxylic acids is 3. The number of aliphatic hydroxyl groups is 1. The monoisotopic (exact) mass is 460 g/mol. The van der Waals surface area contributed by atoms with Gasteiger partial charge in [-0.2, -0.15) is 0 Å². The Hall–Kier alpha value is -1.19. The SMILES string of the molecule is CCOC(=O)[C@H]1[C@@H]2OC3(CC2Br)C(C(=O)NC(C)(C)C)N([C@H](C)CO)C(=O)[C@H]13. The van der Waals surface area contributed by atoms with E-state index in [2.05, 4.69) is 21.2 Å². The van der Waals surface area contributed by atoms with Gasteiger partial charge in [-0.05, 0) is 41.0 Å². The summed E-state index contributed by atoms with van der Waals surface area (Å²) in [6.07, 6.45) is -0.0922. The number of likely N-dealkylation sites (tertiary alicyclic amines) is 1. The lowest BCUT2D eigenvalue weighted by molar-refractivity contribution is -0.155. The molecule has 3 unspecified atom stereocenters. The van der Waals surface area contributed by atoms with E-state index in [0.717, 1.165) is 0 Å². The molecule has 2 bridgehead atoms. The number of esters is 1. The molecule has 0 aromatic heterocycles. The quantitative estimate of drug-likeness (QED) is 0.459. The predicted molar refractivity (Wildman–Crippen MR) is 104 cm³/mol. The molecule has 158 valence electrons. The summed E-state index contributed by atoms with van der Waals surface area (Å²) in [5.74, 6) is -2.73. The van der Waals surface area contributed by atoms with Crippen LogP contribution in [0, 0.1) is 11.8 Å². The molecule has 3 aliphatic rings. The van der Waals surface area contributed by atoms with E-state index >= 15 is 0 Å². The Labute approximate surface area is 173 Å². The Morgan fingerprint density at radius 1 is 1.46 bits per heavy atom. The van der Waals surface area contributed by atoms with E-state index in [1.807, 2.05) is 20.8 Å². The summed E-state index contributed by atoms with van der Waals surface area (Å²) in [6.45, 7) is 8.88. The normalized spacial score (nSPS) is 37.8. The molecular formula is C19H29BrN2O6. The van der Waals surface area contributed by atoms with E-state index in [-0.39, 0.29) is 29.9 Å². The Kier molecular flexibility index (Phi) is 5.57. The second-order valence-electron chi connectivity index (χ2n) is 8.93. The molecule has 0 aromatic carbocycles. The lowest BCUT2D eigenvalue weighted by Crippen LogP contribution is -2.60. The molecule has 2 N–H and O–H groups in total. The highest BCUT2D eigenvalue weighted by Crippen LogP contribution is 2.60. The van der Waals surface area contributed by atoms with Crippen LogP contribution in [0.1, 0.15) is 41.0 Å². The summed E-state index contributed by atoms with van der Waals surface area (Å²) in [5.41, 5.74) is -1.62. The fourth-order valence-electron chi connectivity index (χ4n) is 4.87. The molecule has 8 nitrogen and oxygen atoms in total. The summed E-state index contributed by atoms with van der Waals surface area (Å²) < 4.78 is 11.5. The molecule has 2 amide bonds. The Morgan fingerprint density at radius 3 is 2.64 bits per heavy atom. The topological polar surface area (TPSA) is 105 Å². The Bertz CT molecular complexity index is 680. The Morgan fingerprint density at radius 2 is 2.11 bits per heavy atom. The standard InChI is InChI=1S/C19H29BrN2O6/c1-6-27-17(26)11-12-16(25)22(9(2)8-23)14(15(24)21-18(3,4)5)19(12)7-10(20)13(11)28-19/h9-14,23H,6-8H2,1-5H3,(H,21,24)/t9-,10?,11-,12+,13-,14?,19?/m1/s1. The maximum absolute atomic E-state index is 13.4. The molecule has 0 aromatic rings. The van der Waals surface area contributed by atoms with Gasteiger partial charge in [-0.15, -0.1) is 0 Å². The lowest BCUT2D eigenvalue weighted by atomic mass is 9.70. The van der Waals surface area contributed by atoms with Crippen molar-refractivity contribution in [1.29, 1.82) is 0 Å². The van der Waals surface area contributed by atoms with Gasteiger partial charge in [0.15, 0.2) is 0 Å². The molecule has 3 fully saturated rings. The number of hydrogen-bond acceptors (Lipinski definition) is 6. The molecule has 28 heavy (non-hydrogen) atoms. The highest BCUT2D eigenvalue weighted by molar-refractivity contribution is 9.09. The molecule has 3 rings (SSSR count). The van der Waals surface area contributed by atoms with Crippen molar-refractivity contribution in [3.05, 3.63) is 0 Å². The van der Waals surface area contributed by atoms with Gasteiger partial charge in [-0.3, -0.25) is 14.4 Å². The Balaban J connectivity index is 2.07.